The van der Waals surface area contributed by atoms with E-state index in [0.29, 0.717) is 49.2 Å². The minimum absolute atomic E-state index is 0.111. The van der Waals surface area contributed by atoms with Crippen LogP contribution >= 0.6 is 11.3 Å². The van der Waals surface area contributed by atoms with E-state index in [-0.39, 0.29) is 17.9 Å². The molecule has 30 heavy (non-hydrogen) atoms. The van der Waals surface area contributed by atoms with Crippen molar-refractivity contribution in [1.82, 2.24) is 24.8 Å². The highest BCUT2D eigenvalue weighted by atomic mass is 32.1. The summed E-state index contributed by atoms with van der Waals surface area (Å²) in [6, 6.07) is 4.15. The first kappa shape index (κ1) is 20.7. The monoisotopic (exact) mass is 427 g/mol. The summed E-state index contributed by atoms with van der Waals surface area (Å²) >= 11 is 1.34. The van der Waals surface area contributed by atoms with E-state index in [4.69, 9.17) is 5.26 Å². The standard InChI is InChI=1S/C20H25N7O2S/c21-6-11-26-8-1-2-14(12-26)16-3-7-22-19(23-16)25-20-24-17(13-30-20)18(29)27-9-4-15(28)5-10-27/h3,7,13-15,28H,1-2,4-5,8-12H2,(H,22,23,24,25)/t14-/m0/s1. The number of likely N-dealkylation sites (tertiary alicyclic amines) is 2. The van der Waals surface area contributed by atoms with E-state index in [9.17, 15) is 9.90 Å². The summed E-state index contributed by atoms with van der Waals surface area (Å²) < 4.78 is 0. The third-order valence-electron chi connectivity index (χ3n) is 5.59. The molecule has 1 amide bonds. The number of carbonyl (C=O) groups is 1. The molecule has 1 atom stereocenters. The van der Waals surface area contributed by atoms with Gasteiger partial charge in [-0.2, -0.15) is 5.26 Å². The Morgan fingerprint density at radius 1 is 1.30 bits per heavy atom. The molecule has 2 aromatic rings. The van der Waals surface area contributed by atoms with E-state index < -0.39 is 0 Å². The van der Waals surface area contributed by atoms with Gasteiger partial charge in [0.2, 0.25) is 5.95 Å². The number of carbonyl (C=O) groups excluding carboxylic acids is 1. The number of piperidine rings is 2. The summed E-state index contributed by atoms with van der Waals surface area (Å²) in [5.74, 6) is 0.624. The van der Waals surface area contributed by atoms with Gasteiger partial charge in [0.15, 0.2) is 5.13 Å². The number of thiazole rings is 1. The molecule has 0 spiro atoms. The zero-order chi connectivity index (χ0) is 20.9. The van der Waals surface area contributed by atoms with Gasteiger partial charge in [-0.3, -0.25) is 9.69 Å². The van der Waals surface area contributed by atoms with Crippen molar-refractivity contribution in [1.29, 1.82) is 5.26 Å². The number of anilines is 2. The first-order valence-corrected chi connectivity index (χ1v) is 11.1. The van der Waals surface area contributed by atoms with Gasteiger partial charge in [-0.25, -0.2) is 15.0 Å². The summed E-state index contributed by atoms with van der Waals surface area (Å²) in [4.78, 5) is 29.9. The van der Waals surface area contributed by atoms with Gasteiger partial charge < -0.3 is 15.3 Å². The van der Waals surface area contributed by atoms with Crippen molar-refractivity contribution in [3.63, 3.8) is 0 Å². The predicted molar refractivity (Wildman–Crippen MR) is 113 cm³/mol. The van der Waals surface area contributed by atoms with Crippen LogP contribution < -0.4 is 5.32 Å². The number of nitriles is 1. The van der Waals surface area contributed by atoms with E-state index in [1.165, 1.54) is 11.3 Å². The fourth-order valence-electron chi connectivity index (χ4n) is 3.96. The van der Waals surface area contributed by atoms with E-state index in [1.54, 1.807) is 16.5 Å². The van der Waals surface area contributed by atoms with Crippen molar-refractivity contribution in [3.05, 3.63) is 29.0 Å². The smallest absolute Gasteiger partial charge is 0.273 e. The molecule has 2 aliphatic rings. The van der Waals surface area contributed by atoms with Crippen LogP contribution in [0.1, 0.15) is 47.8 Å². The van der Waals surface area contributed by atoms with Crippen molar-refractivity contribution in [2.75, 3.05) is 38.0 Å². The molecule has 158 valence electrons. The highest BCUT2D eigenvalue weighted by Gasteiger charge is 2.25. The Bertz CT molecular complexity index is 920. The Hall–Kier alpha value is -2.61. The maximum Gasteiger partial charge on any atom is 0.273 e. The zero-order valence-corrected chi connectivity index (χ0v) is 17.5. The molecule has 2 N–H and O–H groups in total. The lowest BCUT2D eigenvalue weighted by Crippen LogP contribution is -2.40. The van der Waals surface area contributed by atoms with Gasteiger partial charge in [-0.1, -0.05) is 0 Å². The summed E-state index contributed by atoms with van der Waals surface area (Å²) in [5.41, 5.74) is 1.35. The third-order valence-corrected chi connectivity index (χ3v) is 6.35. The van der Waals surface area contributed by atoms with Gasteiger partial charge in [0.25, 0.3) is 5.91 Å². The van der Waals surface area contributed by atoms with Crippen molar-refractivity contribution < 1.29 is 9.90 Å². The van der Waals surface area contributed by atoms with Gasteiger partial charge in [0, 0.05) is 37.1 Å². The molecule has 9 nitrogen and oxygen atoms in total. The molecule has 0 saturated carbocycles. The normalized spacial score (nSPS) is 20.7. The van der Waals surface area contributed by atoms with E-state index >= 15 is 0 Å². The molecular weight excluding hydrogens is 402 g/mol. The van der Waals surface area contributed by atoms with Gasteiger partial charge in [0.05, 0.1) is 24.4 Å². The van der Waals surface area contributed by atoms with Crippen molar-refractivity contribution in [3.8, 4) is 6.07 Å². The number of hydrogen-bond acceptors (Lipinski definition) is 9. The molecule has 10 heteroatoms. The van der Waals surface area contributed by atoms with Gasteiger partial charge in [-0.15, -0.1) is 11.3 Å². The Balaban J connectivity index is 1.40. The summed E-state index contributed by atoms with van der Waals surface area (Å²) in [6.45, 7) is 3.32. The number of aromatic nitrogens is 3. The summed E-state index contributed by atoms with van der Waals surface area (Å²) in [7, 11) is 0. The van der Waals surface area contributed by atoms with Crippen LogP contribution in [0.5, 0.6) is 0 Å². The van der Waals surface area contributed by atoms with Crippen molar-refractivity contribution in [2.45, 2.75) is 37.7 Å². The lowest BCUT2D eigenvalue weighted by Gasteiger charge is -2.30. The maximum absolute atomic E-state index is 12.6. The van der Waals surface area contributed by atoms with Crippen LogP contribution in [0.2, 0.25) is 0 Å². The van der Waals surface area contributed by atoms with Crippen molar-refractivity contribution >= 4 is 28.3 Å². The van der Waals surface area contributed by atoms with Crippen LogP contribution in [-0.4, -0.2) is 74.6 Å². The van der Waals surface area contributed by atoms with Crippen molar-refractivity contribution in [2.24, 2.45) is 0 Å². The van der Waals surface area contributed by atoms with Crippen LogP contribution in [0.15, 0.2) is 17.6 Å². The highest BCUT2D eigenvalue weighted by Crippen LogP contribution is 2.27. The molecule has 4 rings (SSSR count). The predicted octanol–water partition coefficient (Wildman–Crippen LogP) is 1.98. The summed E-state index contributed by atoms with van der Waals surface area (Å²) in [6.07, 6.45) is 4.71. The first-order valence-electron chi connectivity index (χ1n) is 10.2. The molecule has 0 aliphatic carbocycles. The van der Waals surface area contributed by atoms with E-state index in [2.05, 4.69) is 31.2 Å². The second kappa shape index (κ2) is 9.47. The van der Waals surface area contributed by atoms with Crippen LogP contribution in [0.4, 0.5) is 11.1 Å². The number of aliphatic hydroxyl groups is 1. The fourth-order valence-corrected chi connectivity index (χ4v) is 4.63. The van der Waals surface area contributed by atoms with Gasteiger partial charge in [0.1, 0.15) is 5.69 Å². The lowest BCUT2D eigenvalue weighted by molar-refractivity contribution is 0.0542. The lowest BCUT2D eigenvalue weighted by atomic mass is 9.94. The molecular formula is C20H25N7O2S. The highest BCUT2D eigenvalue weighted by molar-refractivity contribution is 7.14. The number of hydrogen-bond donors (Lipinski definition) is 2. The average Bonchev–Trinajstić information content (AvgIpc) is 3.23. The zero-order valence-electron chi connectivity index (χ0n) is 16.7. The number of amides is 1. The molecule has 2 aromatic heterocycles. The maximum atomic E-state index is 12.6. The van der Waals surface area contributed by atoms with Crippen LogP contribution in [0.25, 0.3) is 0 Å². The minimum atomic E-state index is -0.317. The average molecular weight is 428 g/mol. The third kappa shape index (κ3) is 4.92. The Kier molecular flexibility index (Phi) is 6.52. The molecule has 2 saturated heterocycles. The quantitative estimate of drug-likeness (QED) is 0.696. The Morgan fingerprint density at radius 2 is 2.13 bits per heavy atom. The molecule has 0 aromatic carbocycles. The summed E-state index contributed by atoms with van der Waals surface area (Å²) in [5, 5.41) is 24.0. The van der Waals surface area contributed by atoms with E-state index in [0.717, 1.165) is 31.6 Å². The Labute approximate surface area is 179 Å². The molecule has 4 heterocycles. The van der Waals surface area contributed by atoms with Crippen LogP contribution in [0, 0.1) is 11.3 Å². The van der Waals surface area contributed by atoms with Crippen LogP contribution in [-0.2, 0) is 0 Å². The second-order valence-electron chi connectivity index (χ2n) is 7.72. The minimum Gasteiger partial charge on any atom is -0.393 e. The molecule has 2 aliphatic heterocycles. The van der Waals surface area contributed by atoms with Gasteiger partial charge >= 0.3 is 0 Å². The number of rotatable bonds is 5. The number of nitrogens with one attached hydrogen (secondary N) is 1. The number of aliphatic hydroxyl groups excluding tert-OH is 1. The fraction of sp³-hybridized carbons (Fsp3) is 0.550. The first-order chi connectivity index (χ1) is 14.6. The second-order valence-corrected chi connectivity index (χ2v) is 8.58. The van der Waals surface area contributed by atoms with Gasteiger partial charge in [-0.05, 0) is 38.3 Å². The number of nitrogens with zero attached hydrogens (tertiary/aromatic N) is 6. The molecule has 0 bridgehead atoms. The molecule has 0 unspecified atom stereocenters. The largest absolute Gasteiger partial charge is 0.393 e. The SMILES string of the molecule is N#CCN1CCC[C@H](c2ccnc(Nc3nc(C(=O)N4CCC(O)CC4)cs3)n2)C1. The Morgan fingerprint density at radius 3 is 2.93 bits per heavy atom. The van der Waals surface area contributed by atoms with Crippen LogP contribution in [0.3, 0.4) is 0 Å². The molecule has 0 radical (unpaired) electrons. The topological polar surface area (TPSA) is 118 Å². The molecule has 2 fully saturated rings. The van der Waals surface area contributed by atoms with E-state index in [1.807, 2.05) is 6.07 Å².